The second kappa shape index (κ2) is 7.79. The van der Waals surface area contributed by atoms with Crippen LogP contribution in [0.4, 0.5) is 5.82 Å². The topological polar surface area (TPSA) is 112 Å². The van der Waals surface area contributed by atoms with E-state index < -0.39 is 16.0 Å². The summed E-state index contributed by atoms with van der Waals surface area (Å²) in [6.07, 6.45) is 1.18. The van der Waals surface area contributed by atoms with Gasteiger partial charge in [-0.1, -0.05) is 17.7 Å². The molecule has 0 saturated heterocycles. The Morgan fingerprint density at radius 1 is 1.27 bits per heavy atom. The van der Waals surface area contributed by atoms with Crippen LogP contribution in [0.2, 0.25) is 0 Å². The lowest BCUT2D eigenvalue weighted by atomic mass is 10.2. The average Bonchev–Trinajstić information content (AvgIpc) is 2.54. The maximum absolute atomic E-state index is 12.6. The fourth-order valence-corrected chi connectivity index (χ4v) is 3.33. The van der Waals surface area contributed by atoms with Crippen LogP contribution in [0.5, 0.6) is 0 Å². The minimum Gasteiger partial charge on any atom is -0.477 e. The molecular weight excluding hydrogens is 356 g/mol. The van der Waals surface area contributed by atoms with Gasteiger partial charge in [-0.05, 0) is 32.9 Å². The zero-order valence-corrected chi connectivity index (χ0v) is 15.9. The zero-order valence-electron chi connectivity index (χ0n) is 15.1. The van der Waals surface area contributed by atoms with Crippen LogP contribution < -0.4 is 5.32 Å². The molecule has 0 atom stereocenters. The monoisotopic (exact) mass is 378 g/mol. The van der Waals surface area contributed by atoms with Gasteiger partial charge in [-0.2, -0.15) is 4.31 Å². The van der Waals surface area contributed by atoms with Crippen molar-refractivity contribution in [1.82, 2.24) is 14.3 Å². The van der Waals surface area contributed by atoms with E-state index in [9.17, 15) is 18.3 Å². The van der Waals surface area contributed by atoms with Crippen LogP contribution in [0, 0.1) is 6.92 Å². The van der Waals surface area contributed by atoms with Crippen molar-refractivity contribution in [3.05, 3.63) is 47.4 Å². The van der Waals surface area contributed by atoms with Crippen LogP contribution in [-0.4, -0.2) is 46.9 Å². The fraction of sp³-hybridized carbons (Fsp3) is 0.353. The van der Waals surface area contributed by atoms with E-state index in [0.717, 1.165) is 9.87 Å². The third-order valence-corrected chi connectivity index (χ3v) is 5.41. The quantitative estimate of drug-likeness (QED) is 0.759. The first kappa shape index (κ1) is 19.8. The molecule has 0 amide bonds. The van der Waals surface area contributed by atoms with E-state index in [-0.39, 0.29) is 34.7 Å². The number of rotatable bonds is 7. The Kier molecular flexibility index (Phi) is 5.94. The Balaban J connectivity index is 2.29. The van der Waals surface area contributed by atoms with Gasteiger partial charge in [-0.25, -0.2) is 23.2 Å². The Morgan fingerprint density at radius 3 is 2.42 bits per heavy atom. The molecule has 2 N–H and O–H groups in total. The molecule has 0 aliphatic rings. The third kappa shape index (κ3) is 4.55. The lowest BCUT2D eigenvalue weighted by Crippen LogP contribution is -2.28. The molecule has 9 heteroatoms. The first-order chi connectivity index (χ1) is 12.1. The third-order valence-electron chi connectivity index (χ3n) is 3.59. The Labute approximate surface area is 153 Å². The first-order valence-electron chi connectivity index (χ1n) is 8.00. The summed E-state index contributed by atoms with van der Waals surface area (Å²) in [6, 6.07) is 6.50. The van der Waals surface area contributed by atoms with Crippen LogP contribution in [0.3, 0.4) is 0 Å². The van der Waals surface area contributed by atoms with E-state index in [1.54, 1.807) is 24.3 Å². The second-order valence-corrected chi connectivity index (χ2v) is 8.27. The number of nitrogens with one attached hydrogen (secondary N) is 1. The number of anilines is 1. The molecule has 2 aromatic rings. The number of aromatic carboxylic acids is 1. The standard InChI is InChI=1S/C17H22N4O4S/c1-11(2)19-16-14(17(22)23)9-18-15(20-16)10-21(4)26(24,25)13-7-5-12(3)6-8-13/h5-9,11H,10H2,1-4H3,(H,22,23)(H,18,19,20). The van der Waals surface area contributed by atoms with Gasteiger partial charge >= 0.3 is 5.97 Å². The van der Waals surface area contributed by atoms with Crippen molar-refractivity contribution < 1.29 is 18.3 Å². The van der Waals surface area contributed by atoms with Crippen LogP contribution in [-0.2, 0) is 16.6 Å². The smallest absolute Gasteiger partial charge is 0.341 e. The van der Waals surface area contributed by atoms with Crippen LogP contribution in [0.25, 0.3) is 0 Å². The number of carboxylic acids is 1. The van der Waals surface area contributed by atoms with Gasteiger partial charge in [0.2, 0.25) is 10.0 Å². The van der Waals surface area contributed by atoms with Crippen molar-refractivity contribution in [2.24, 2.45) is 0 Å². The van der Waals surface area contributed by atoms with Gasteiger partial charge in [0, 0.05) is 19.3 Å². The summed E-state index contributed by atoms with van der Waals surface area (Å²) in [4.78, 5) is 19.6. The highest BCUT2D eigenvalue weighted by Crippen LogP contribution is 2.18. The molecule has 2 rings (SSSR count). The van der Waals surface area contributed by atoms with Crippen LogP contribution >= 0.6 is 0 Å². The number of aryl methyl sites for hydroxylation is 1. The summed E-state index contributed by atoms with van der Waals surface area (Å²) in [7, 11) is -2.27. The second-order valence-electron chi connectivity index (χ2n) is 6.23. The minimum absolute atomic E-state index is 0.0372. The Hall–Kier alpha value is -2.52. The number of carboxylic acid groups (broad SMARTS) is 1. The lowest BCUT2D eigenvalue weighted by Gasteiger charge is -2.18. The van der Waals surface area contributed by atoms with E-state index in [1.165, 1.54) is 13.2 Å². The molecule has 1 aromatic carbocycles. The maximum atomic E-state index is 12.6. The number of carbonyl (C=O) groups is 1. The normalized spacial score (nSPS) is 11.8. The van der Waals surface area contributed by atoms with Crippen molar-refractivity contribution in [2.75, 3.05) is 12.4 Å². The number of hydrogen-bond donors (Lipinski definition) is 2. The SMILES string of the molecule is Cc1ccc(S(=O)(=O)N(C)Cc2ncc(C(=O)O)c(NC(C)C)n2)cc1. The van der Waals surface area contributed by atoms with E-state index in [0.29, 0.717) is 0 Å². The van der Waals surface area contributed by atoms with Crippen LogP contribution in [0.1, 0.15) is 35.6 Å². The van der Waals surface area contributed by atoms with Crippen LogP contribution in [0.15, 0.2) is 35.4 Å². The first-order valence-corrected chi connectivity index (χ1v) is 9.44. The molecule has 8 nitrogen and oxygen atoms in total. The number of benzene rings is 1. The molecule has 0 spiro atoms. The zero-order chi connectivity index (χ0) is 19.5. The Morgan fingerprint density at radius 2 is 1.88 bits per heavy atom. The number of aromatic nitrogens is 2. The summed E-state index contributed by atoms with van der Waals surface area (Å²) < 4.78 is 26.4. The maximum Gasteiger partial charge on any atom is 0.341 e. The number of hydrogen-bond acceptors (Lipinski definition) is 6. The molecule has 0 aliphatic carbocycles. The highest BCUT2D eigenvalue weighted by Gasteiger charge is 2.23. The minimum atomic E-state index is -3.70. The predicted molar refractivity (Wildman–Crippen MR) is 97.6 cm³/mol. The molecule has 0 fully saturated rings. The highest BCUT2D eigenvalue weighted by atomic mass is 32.2. The molecule has 0 radical (unpaired) electrons. The van der Waals surface area contributed by atoms with Gasteiger partial charge in [-0.3, -0.25) is 0 Å². The fourth-order valence-electron chi connectivity index (χ4n) is 2.21. The predicted octanol–water partition coefficient (Wildman–Crippen LogP) is 2.12. The van der Waals surface area contributed by atoms with E-state index in [1.807, 2.05) is 20.8 Å². The van der Waals surface area contributed by atoms with E-state index in [2.05, 4.69) is 15.3 Å². The molecule has 1 heterocycles. The van der Waals surface area contributed by atoms with Crippen molar-refractivity contribution in [1.29, 1.82) is 0 Å². The van der Waals surface area contributed by atoms with Crippen molar-refractivity contribution in [2.45, 2.75) is 38.3 Å². The number of nitrogens with zero attached hydrogens (tertiary/aromatic N) is 3. The van der Waals surface area contributed by atoms with Crippen molar-refractivity contribution in [3.8, 4) is 0 Å². The van der Waals surface area contributed by atoms with Crippen molar-refractivity contribution in [3.63, 3.8) is 0 Å². The van der Waals surface area contributed by atoms with E-state index in [4.69, 9.17) is 0 Å². The van der Waals surface area contributed by atoms with E-state index >= 15 is 0 Å². The van der Waals surface area contributed by atoms with Gasteiger partial charge in [0.25, 0.3) is 0 Å². The highest BCUT2D eigenvalue weighted by molar-refractivity contribution is 7.89. The summed E-state index contributed by atoms with van der Waals surface area (Å²) in [6.45, 7) is 5.49. The molecular formula is C17H22N4O4S. The van der Waals surface area contributed by atoms with Crippen molar-refractivity contribution >= 4 is 21.8 Å². The largest absolute Gasteiger partial charge is 0.477 e. The Bertz CT molecular complexity index is 895. The molecule has 1 aromatic heterocycles. The molecule has 0 aliphatic heterocycles. The summed E-state index contributed by atoms with van der Waals surface area (Å²) in [5, 5.41) is 12.2. The molecule has 0 bridgehead atoms. The molecule has 140 valence electrons. The van der Waals surface area contributed by atoms with Gasteiger partial charge in [0.15, 0.2) is 0 Å². The average molecular weight is 378 g/mol. The van der Waals surface area contributed by atoms with Gasteiger partial charge in [-0.15, -0.1) is 0 Å². The molecule has 0 saturated carbocycles. The number of sulfonamides is 1. The van der Waals surface area contributed by atoms with Gasteiger partial charge < -0.3 is 10.4 Å². The summed E-state index contributed by atoms with van der Waals surface area (Å²) in [5.41, 5.74) is 0.898. The van der Waals surface area contributed by atoms with Gasteiger partial charge in [0.05, 0.1) is 11.4 Å². The summed E-state index contributed by atoms with van der Waals surface area (Å²) >= 11 is 0. The summed E-state index contributed by atoms with van der Waals surface area (Å²) in [5.74, 6) is -0.782. The molecule has 0 unspecified atom stereocenters. The van der Waals surface area contributed by atoms with Gasteiger partial charge in [0.1, 0.15) is 17.2 Å². The lowest BCUT2D eigenvalue weighted by molar-refractivity contribution is 0.0697. The molecule has 26 heavy (non-hydrogen) atoms.